The highest BCUT2D eigenvalue weighted by atomic mass is 32.1. The fraction of sp³-hybridized carbons (Fsp3) is 0.312. The van der Waals surface area contributed by atoms with Crippen molar-refractivity contribution in [3.05, 3.63) is 34.7 Å². The van der Waals surface area contributed by atoms with Gasteiger partial charge in [-0.1, -0.05) is 16.5 Å². The van der Waals surface area contributed by atoms with Crippen LogP contribution in [0.5, 0.6) is 0 Å². The maximum Gasteiger partial charge on any atom is 0.224 e. The molecule has 1 amide bonds. The Morgan fingerprint density at radius 3 is 2.83 bits per heavy atom. The van der Waals surface area contributed by atoms with Gasteiger partial charge in [-0.3, -0.25) is 4.79 Å². The number of hydrogen-bond donors (Lipinski definition) is 2. The van der Waals surface area contributed by atoms with Crippen LogP contribution in [-0.4, -0.2) is 16.0 Å². The van der Waals surface area contributed by atoms with Crippen LogP contribution in [0.4, 0.5) is 10.8 Å². The van der Waals surface area contributed by atoms with E-state index >= 15 is 0 Å². The standard InChI is InChI=1S/C16H18N4O2S/c1-8-6-11(7-13-15(8)19-16(17)23-13)18-14(21)5-4-12-9(2)20-22-10(12)3/h6-7H,4-5H2,1-3H3,(H2,17,19)(H,18,21). The molecule has 6 nitrogen and oxygen atoms in total. The third-order valence-corrected chi connectivity index (χ3v) is 4.60. The Kier molecular flexibility index (Phi) is 4.04. The van der Waals surface area contributed by atoms with Crippen LogP contribution in [-0.2, 0) is 11.2 Å². The monoisotopic (exact) mass is 330 g/mol. The number of hydrogen-bond acceptors (Lipinski definition) is 6. The second-order valence-electron chi connectivity index (χ2n) is 5.54. The fourth-order valence-corrected chi connectivity index (χ4v) is 3.46. The summed E-state index contributed by atoms with van der Waals surface area (Å²) in [6.07, 6.45) is 0.993. The first-order chi connectivity index (χ1) is 10.9. The van der Waals surface area contributed by atoms with E-state index in [9.17, 15) is 4.79 Å². The molecule has 0 saturated carbocycles. The Morgan fingerprint density at radius 2 is 2.13 bits per heavy atom. The van der Waals surface area contributed by atoms with E-state index < -0.39 is 0 Å². The van der Waals surface area contributed by atoms with E-state index in [1.165, 1.54) is 11.3 Å². The van der Waals surface area contributed by atoms with Crippen LogP contribution in [0.2, 0.25) is 0 Å². The number of aryl methyl sites for hydroxylation is 3. The van der Waals surface area contributed by atoms with Crippen LogP contribution >= 0.6 is 11.3 Å². The summed E-state index contributed by atoms with van der Waals surface area (Å²) < 4.78 is 6.09. The van der Waals surface area contributed by atoms with Crippen LogP contribution in [0.3, 0.4) is 0 Å². The van der Waals surface area contributed by atoms with E-state index in [0.29, 0.717) is 18.0 Å². The van der Waals surface area contributed by atoms with Crippen molar-refractivity contribution in [2.45, 2.75) is 33.6 Å². The summed E-state index contributed by atoms with van der Waals surface area (Å²) in [4.78, 5) is 16.5. The third-order valence-electron chi connectivity index (χ3n) is 3.77. The molecule has 3 aromatic rings. The molecule has 0 aliphatic rings. The minimum absolute atomic E-state index is 0.0405. The van der Waals surface area contributed by atoms with E-state index in [-0.39, 0.29) is 5.91 Å². The Bertz CT molecular complexity index is 862. The summed E-state index contributed by atoms with van der Waals surface area (Å²) in [5.74, 6) is 0.730. The molecule has 0 unspecified atom stereocenters. The van der Waals surface area contributed by atoms with Gasteiger partial charge in [-0.25, -0.2) is 4.98 Å². The van der Waals surface area contributed by atoms with Crippen molar-refractivity contribution in [2.75, 3.05) is 11.1 Å². The number of fused-ring (bicyclic) bond motifs is 1. The summed E-state index contributed by atoms with van der Waals surface area (Å²) >= 11 is 1.42. The lowest BCUT2D eigenvalue weighted by Gasteiger charge is -2.06. The van der Waals surface area contributed by atoms with Crippen molar-refractivity contribution in [1.82, 2.24) is 10.1 Å². The van der Waals surface area contributed by atoms with Gasteiger partial charge in [-0.15, -0.1) is 0 Å². The van der Waals surface area contributed by atoms with Crippen LogP contribution < -0.4 is 11.1 Å². The maximum absolute atomic E-state index is 12.2. The molecule has 0 saturated heterocycles. The molecular weight excluding hydrogens is 312 g/mol. The van der Waals surface area contributed by atoms with E-state index in [0.717, 1.165) is 38.5 Å². The Morgan fingerprint density at radius 1 is 1.35 bits per heavy atom. The van der Waals surface area contributed by atoms with Gasteiger partial charge in [0.15, 0.2) is 5.13 Å². The van der Waals surface area contributed by atoms with Crippen LogP contribution in [0.1, 0.15) is 29.0 Å². The predicted molar refractivity (Wildman–Crippen MR) is 91.7 cm³/mol. The van der Waals surface area contributed by atoms with Crippen molar-refractivity contribution in [1.29, 1.82) is 0 Å². The molecule has 0 aliphatic heterocycles. The number of nitrogens with one attached hydrogen (secondary N) is 1. The number of aromatic nitrogens is 2. The van der Waals surface area contributed by atoms with E-state index in [4.69, 9.17) is 10.3 Å². The lowest BCUT2D eigenvalue weighted by molar-refractivity contribution is -0.116. The second kappa shape index (κ2) is 6.00. The fourth-order valence-electron chi connectivity index (χ4n) is 2.61. The molecule has 3 N–H and O–H groups in total. The highest BCUT2D eigenvalue weighted by molar-refractivity contribution is 7.22. The molecule has 0 atom stereocenters. The number of thiazole rings is 1. The van der Waals surface area contributed by atoms with Crippen LogP contribution in [0.15, 0.2) is 16.7 Å². The van der Waals surface area contributed by atoms with Crippen molar-refractivity contribution in [3.8, 4) is 0 Å². The molecule has 3 rings (SSSR count). The summed E-state index contributed by atoms with van der Waals surface area (Å²) in [6, 6.07) is 3.82. The van der Waals surface area contributed by atoms with Crippen LogP contribution in [0.25, 0.3) is 10.2 Å². The highest BCUT2D eigenvalue weighted by Gasteiger charge is 2.12. The number of carbonyl (C=O) groups is 1. The predicted octanol–water partition coefficient (Wildman–Crippen LogP) is 3.36. The van der Waals surface area contributed by atoms with Gasteiger partial charge in [-0.2, -0.15) is 0 Å². The summed E-state index contributed by atoms with van der Waals surface area (Å²) in [7, 11) is 0. The van der Waals surface area contributed by atoms with Crippen molar-refractivity contribution in [2.24, 2.45) is 0 Å². The number of nitrogen functional groups attached to an aromatic ring is 1. The molecule has 2 heterocycles. The van der Waals surface area contributed by atoms with Gasteiger partial charge in [0.2, 0.25) is 5.91 Å². The Balaban J connectivity index is 1.70. The molecule has 23 heavy (non-hydrogen) atoms. The smallest absolute Gasteiger partial charge is 0.224 e. The summed E-state index contributed by atoms with van der Waals surface area (Å²) in [6.45, 7) is 5.70. The average molecular weight is 330 g/mol. The molecule has 0 radical (unpaired) electrons. The summed E-state index contributed by atoms with van der Waals surface area (Å²) in [5.41, 5.74) is 10.2. The van der Waals surface area contributed by atoms with Gasteiger partial charge in [0.25, 0.3) is 0 Å². The third kappa shape index (κ3) is 3.19. The van der Waals surface area contributed by atoms with Crippen molar-refractivity contribution < 1.29 is 9.32 Å². The van der Waals surface area contributed by atoms with E-state index in [2.05, 4.69) is 15.5 Å². The normalized spacial score (nSPS) is 11.1. The molecule has 0 spiro atoms. The Labute approximate surface area is 137 Å². The number of nitrogens with two attached hydrogens (primary N) is 1. The first-order valence-corrected chi connectivity index (χ1v) is 8.14. The molecule has 1 aromatic carbocycles. The number of nitrogens with zero attached hydrogens (tertiary/aromatic N) is 2. The van der Waals surface area contributed by atoms with Gasteiger partial charge in [-0.05, 0) is 44.9 Å². The summed E-state index contributed by atoms with van der Waals surface area (Å²) in [5, 5.41) is 7.37. The number of anilines is 2. The molecular formula is C16H18N4O2S. The van der Waals surface area contributed by atoms with Crippen molar-refractivity contribution >= 4 is 38.3 Å². The van der Waals surface area contributed by atoms with Crippen molar-refractivity contribution in [3.63, 3.8) is 0 Å². The SMILES string of the molecule is Cc1noc(C)c1CCC(=O)Nc1cc(C)c2nc(N)sc2c1. The quantitative estimate of drug-likeness (QED) is 0.765. The average Bonchev–Trinajstić information content (AvgIpc) is 3.00. The maximum atomic E-state index is 12.2. The minimum Gasteiger partial charge on any atom is -0.375 e. The van der Waals surface area contributed by atoms with Crippen LogP contribution in [0, 0.1) is 20.8 Å². The number of rotatable bonds is 4. The molecule has 7 heteroatoms. The van der Waals surface area contributed by atoms with Gasteiger partial charge in [0.05, 0.1) is 15.9 Å². The first-order valence-electron chi connectivity index (χ1n) is 7.32. The van der Waals surface area contributed by atoms with E-state index in [1.54, 1.807) is 0 Å². The highest BCUT2D eigenvalue weighted by Crippen LogP contribution is 2.29. The Hall–Kier alpha value is -2.41. The second-order valence-corrected chi connectivity index (χ2v) is 6.61. The lowest BCUT2D eigenvalue weighted by atomic mass is 10.1. The number of amides is 1. The minimum atomic E-state index is -0.0405. The van der Waals surface area contributed by atoms with Gasteiger partial charge >= 0.3 is 0 Å². The molecule has 120 valence electrons. The zero-order chi connectivity index (χ0) is 16.6. The van der Waals surface area contributed by atoms with Gasteiger partial charge in [0, 0.05) is 17.7 Å². The zero-order valence-electron chi connectivity index (χ0n) is 13.3. The molecule has 2 aromatic heterocycles. The molecule has 0 aliphatic carbocycles. The largest absolute Gasteiger partial charge is 0.375 e. The first kappa shape index (κ1) is 15.5. The van der Waals surface area contributed by atoms with E-state index in [1.807, 2.05) is 32.9 Å². The molecule has 0 bridgehead atoms. The zero-order valence-corrected chi connectivity index (χ0v) is 14.1. The van der Waals surface area contributed by atoms with Gasteiger partial charge in [0.1, 0.15) is 5.76 Å². The van der Waals surface area contributed by atoms with Gasteiger partial charge < -0.3 is 15.6 Å². The number of benzene rings is 1. The molecule has 0 fully saturated rings. The number of carbonyl (C=O) groups excluding carboxylic acids is 1. The lowest BCUT2D eigenvalue weighted by Crippen LogP contribution is -2.12. The topological polar surface area (TPSA) is 94.0 Å².